The molecule has 0 aromatic heterocycles. The number of carbonyl (C=O) groups excluding carboxylic acids is 1. The van der Waals surface area contributed by atoms with Gasteiger partial charge >= 0.3 is 0 Å². The molecule has 4 aliphatic rings. The monoisotopic (exact) mass is 513 g/mol. The molecule has 0 saturated carbocycles. The number of nitrogens with one attached hydrogen (secondary N) is 1. The van der Waals surface area contributed by atoms with Crippen molar-refractivity contribution >= 4 is 17.2 Å². The summed E-state index contributed by atoms with van der Waals surface area (Å²) in [5.74, 6) is -0.271. The van der Waals surface area contributed by atoms with Gasteiger partial charge in [-0.05, 0) is 80.0 Å². The number of hydrogen-bond acceptors (Lipinski definition) is 4. The first-order valence-electron chi connectivity index (χ1n) is 13.2. The Hall–Kier alpha value is -3.51. The van der Waals surface area contributed by atoms with Crippen LogP contribution < -0.4 is 5.32 Å². The molecule has 1 atom stereocenters. The molecule has 2 aliphatic carbocycles. The molecule has 1 amide bonds. The summed E-state index contributed by atoms with van der Waals surface area (Å²) >= 11 is 0. The van der Waals surface area contributed by atoms with E-state index in [1.807, 2.05) is 6.08 Å². The summed E-state index contributed by atoms with van der Waals surface area (Å²) in [7, 11) is 1.78. The molecule has 1 aromatic carbocycles. The summed E-state index contributed by atoms with van der Waals surface area (Å²) in [6.45, 7) is 16.5. The minimum atomic E-state index is -0.956. The average Bonchev–Trinajstić information content (AvgIpc) is 3.27. The van der Waals surface area contributed by atoms with Crippen LogP contribution in [-0.4, -0.2) is 41.8 Å². The lowest BCUT2D eigenvalue weighted by Crippen LogP contribution is -2.39. The number of fused-ring (bicyclic) bond motifs is 2. The maximum atomic E-state index is 14.6. The molecule has 5 rings (SSSR count). The molecule has 1 unspecified atom stereocenters. The van der Waals surface area contributed by atoms with E-state index < -0.39 is 5.41 Å². The van der Waals surface area contributed by atoms with E-state index in [0.717, 1.165) is 52.2 Å². The van der Waals surface area contributed by atoms with Crippen molar-refractivity contribution in [2.75, 3.05) is 20.2 Å². The van der Waals surface area contributed by atoms with E-state index in [-0.39, 0.29) is 24.2 Å². The van der Waals surface area contributed by atoms with Crippen molar-refractivity contribution in [1.82, 2.24) is 10.2 Å². The fourth-order valence-electron chi connectivity index (χ4n) is 5.87. The number of nitrogens with zero attached hydrogens (tertiary/aromatic N) is 2. The van der Waals surface area contributed by atoms with Crippen LogP contribution in [0.1, 0.15) is 50.3 Å². The third-order valence-electron chi connectivity index (χ3n) is 8.59. The van der Waals surface area contributed by atoms with Gasteiger partial charge in [0, 0.05) is 35.5 Å². The summed E-state index contributed by atoms with van der Waals surface area (Å²) < 4.78 is 14.6. The van der Waals surface area contributed by atoms with Crippen molar-refractivity contribution < 1.29 is 14.3 Å². The largest absolute Gasteiger partial charge is 0.395 e. The molecular formula is C32H36FN3O2. The number of aliphatic hydroxyl groups is 1. The number of allylic oxidation sites excluding steroid dienone is 7. The van der Waals surface area contributed by atoms with Crippen molar-refractivity contribution in [2.45, 2.75) is 47.0 Å². The molecule has 1 saturated heterocycles. The Morgan fingerprint density at radius 1 is 1.26 bits per heavy atom. The van der Waals surface area contributed by atoms with E-state index >= 15 is 0 Å². The van der Waals surface area contributed by atoms with Gasteiger partial charge in [0.1, 0.15) is 5.82 Å². The summed E-state index contributed by atoms with van der Waals surface area (Å²) in [5.41, 5.74) is 10.5. The average molecular weight is 514 g/mol. The third kappa shape index (κ3) is 3.93. The quantitative estimate of drug-likeness (QED) is 0.522. The topological polar surface area (TPSA) is 64.9 Å². The zero-order valence-corrected chi connectivity index (χ0v) is 23.0. The van der Waals surface area contributed by atoms with Crippen molar-refractivity contribution in [1.29, 1.82) is 0 Å². The van der Waals surface area contributed by atoms with Gasteiger partial charge in [-0.1, -0.05) is 37.8 Å². The summed E-state index contributed by atoms with van der Waals surface area (Å²) in [6.07, 6.45) is 6.55. The Bertz CT molecular complexity index is 1450. The van der Waals surface area contributed by atoms with Crippen LogP contribution in [0.2, 0.25) is 0 Å². The second kappa shape index (κ2) is 9.35. The van der Waals surface area contributed by atoms with Gasteiger partial charge in [0.15, 0.2) is 0 Å². The van der Waals surface area contributed by atoms with Crippen LogP contribution in [0.3, 0.4) is 0 Å². The van der Waals surface area contributed by atoms with Gasteiger partial charge in [0.2, 0.25) is 5.91 Å². The van der Waals surface area contributed by atoms with Gasteiger partial charge in [0.05, 0.1) is 30.0 Å². The number of aliphatic hydroxyl groups excluding tert-OH is 1. The Kier molecular flexibility index (Phi) is 6.42. The molecule has 6 heteroatoms. The molecule has 0 bridgehead atoms. The molecule has 1 aromatic rings. The highest BCUT2D eigenvalue weighted by molar-refractivity contribution is 6.21. The van der Waals surface area contributed by atoms with Gasteiger partial charge in [-0.2, -0.15) is 0 Å². The third-order valence-corrected chi connectivity index (χ3v) is 8.59. The number of carbonyl (C=O) groups is 1. The van der Waals surface area contributed by atoms with E-state index in [4.69, 9.17) is 4.99 Å². The molecule has 38 heavy (non-hydrogen) atoms. The Balaban J connectivity index is 1.69. The molecule has 0 radical (unpaired) electrons. The number of amides is 1. The van der Waals surface area contributed by atoms with Crippen LogP contribution in [0.4, 0.5) is 4.39 Å². The smallest absolute Gasteiger partial charge is 0.232 e. The highest BCUT2D eigenvalue weighted by Crippen LogP contribution is 2.47. The second-order valence-electron chi connectivity index (χ2n) is 11.3. The standard InChI is InChI=1S/C32H36FN3O2/c1-17-8-9-22-20(4)36-15-25(30(34-7)28(36)14-24(22)18(17)2)29-23-10-12-26(33)19(3)21(23)11-13-27(29)35-31(38)32(5,6)16-37/h10,12-14,18,37H,1,4,8-9,11,15-16H2,2-3,5-7H3,(H,35,38)/b29-25+,34-30+. The molecule has 2 heterocycles. The van der Waals surface area contributed by atoms with Gasteiger partial charge in [-0.25, -0.2) is 4.39 Å². The lowest BCUT2D eigenvalue weighted by Gasteiger charge is -2.36. The van der Waals surface area contributed by atoms with Gasteiger partial charge in [-0.15, -0.1) is 0 Å². The van der Waals surface area contributed by atoms with E-state index in [2.05, 4.69) is 36.4 Å². The van der Waals surface area contributed by atoms with Gasteiger partial charge in [0.25, 0.3) is 0 Å². The van der Waals surface area contributed by atoms with Crippen LogP contribution in [0.25, 0.3) is 5.57 Å². The predicted molar refractivity (Wildman–Crippen MR) is 151 cm³/mol. The fraction of sp³-hybridized carbons (Fsp3) is 0.375. The molecule has 5 nitrogen and oxygen atoms in total. The maximum absolute atomic E-state index is 14.6. The second-order valence-corrected chi connectivity index (χ2v) is 11.3. The molecule has 2 aliphatic heterocycles. The predicted octanol–water partition coefficient (Wildman–Crippen LogP) is 5.54. The maximum Gasteiger partial charge on any atom is 0.232 e. The SMILES string of the molecule is C=C1CCC2=C(C=C3C(=N/C)/C(=C4/C(NC(=O)C(C)(C)CO)=CCc5c4ccc(F)c5C)CN3C2=C)C1C. The lowest BCUT2D eigenvalue weighted by atomic mass is 9.77. The van der Waals surface area contributed by atoms with E-state index in [1.165, 1.54) is 22.8 Å². The lowest BCUT2D eigenvalue weighted by molar-refractivity contribution is -0.130. The van der Waals surface area contributed by atoms with Crippen LogP contribution in [0.15, 0.2) is 81.8 Å². The van der Waals surface area contributed by atoms with Gasteiger partial charge < -0.3 is 15.3 Å². The summed E-state index contributed by atoms with van der Waals surface area (Å²) in [4.78, 5) is 20.1. The summed E-state index contributed by atoms with van der Waals surface area (Å²) in [5, 5.41) is 12.9. The first kappa shape index (κ1) is 26.1. The Morgan fingerprint density at radius 3 is 2.68 bits per heavy atom. The van der Waals surface area contributed by atoms with Crippen LogP contribution >= 0.6 is 0 Å². The van der Waals surface area contributed by atoms with Crippen molar-refractivity contribution in [3.8, 4) is 0 Å². The summed E-state index contributed by atoms with van der Waals surface area (Å²) in [6, 6.07) is 3.30. The molecule has 1 fully saturated rings. The normalized spacial score (nSPS) is 24.2. The van der Waals surface area contributed by atoms with Crippen molar-refractivity contribution in [2.24, 2.45) is 16.3 Å². The van der Waals surface area contributed by atoms with Crippen LogP contribution in [-0.2, 0) is 11.2 Å². The Morgan fingerprint density at radius 2 is 2.00 bits per heavy atom. The molecule has 0 spiro atoms. The number of benzene rings is 1. The number of halogens is 1. The highest BCUT2D eigenvalue weighted by Gasteiger charge is 2.40. The van der Waals surface area contributed by atoms with Crippen molar-refractivity contribution in [3.63, 3.8) is 0 Å². The van der Waals surface area contributed by atoms with E-state index in [1.54, 1.807) is 33.9 Å². The van der Waals surface area contributed by atoms with E-state index in [0.29, 0.717) is 24.2 Å². The zero-order valence-electron chi connectivity index (χ0n) is 23.0. The number of hydrogen-bond donors (Lipinski definition) is 2. The molecular weight excluding hydrogens is 477 g/mol. The van der Waals surface area contributed by atoms with Crippen LogP contribution in [0.5, 0.6) is 0 Å². The number of aliphatic imine (C=N–C) groups is 1. The fourth-order valence-corrected chi connectivity index (χ4v) is 5.87. The minimum Gasteiger partial charge on any atom is -0.395 e. The number of rotatable bonds is 3. The highest BCUT2D eigenvalue weighted by atomic mass is 19.1. The van der Waals surface area contributed by atoms with Crippen LogP contribution in [0, 0.1) is 24.1 Å². The first-order chi connectivity index (χ1) is 18.0. The van der Waals surface area contributed by atoms with E-state index in [9.17, 15) is 14.3 Å². The zero-order chi connectivity index (χ0) is 27.5. The van der Waals surface area contributed by atoms with Gasteiger partial charge in [-0.3, -0.25) is 9.79 Å². The molecule has 198 valence electrons. The molecule has 2 N–H and O–H groups in total. The minimum absolute atomic E-state index is 0.245. The first-order valence-corrected chi connectivity index (χ1v) is 13.2. The Labute approximate surface area is 224 Å². The van der Waals surface area contributed by atoms with Crippen molar-refractivity contribution in [3.05, 3.63) is 99.3 Å².